The van der Waals surface area contributed by atoms with Gasteiger partial charge in [0, 0.05) is 13.6 Å². The summed E-state index contributed by atoms with van der Waals surface area (Å²) in [5.74, 6) is -0.432. The predicted octanol–water partition coefficient (Wildman–Crippen LogP) is 4.79. The molecule has 0 unspecified atom stereocenters. The van der Waals surface area contributed by atoms with Crippen molar-refractivity contribution in [3.63, 3.8) is 0 Å². The highest BCUT2D eigenvalue weighted by Gasteiger charge is 2.69. The summed E-state index contributed by atoms with van der Waals surface area (Å²) in [5.41, 5.74) is -3.38. The molecule has 0 radical (unpaired) electrons. The molecule has 0 fully saturated rings. The molecule has 1 N–H and O–H groups in total. The fourth-order valence-electron chi connectivity index (χ4n) is 3.08. The molecule has 0 spiro atoms. The van der Waals surface area contributed by atoms with E-state index in [1.54, 1.807) is 11.9 Å². The lowest BCUT2D eigenvalue weighted by Gasteiger charge is -2.32. The summed E-state index contributed by atoms with van der Waals surface area (Å²) in [6.45, 7) is 0.237. The third kappa shape index (κ3) is 4.58. The molecule has 0 saturated carbocycles. The molecule has 1 heterocycles. The smallest absolute Gasteiger partial charge is 0.374 e. The zero-order valence-corrected chi connectivity index (χ0v) is 15.9. The van der Waals surface area contributed by atoms with Crippen molar-refractivity contribution in [3.8, 4) is 0 Å². The van der Waals surface area contributed by atoms with E-state index in [-0.39, 0.29) is 23.1 Å². The lowest BCUT2D eigenvalue weighted by molar-refractivity contribution is -0.369. The van der Waals surface area contributed by atoms with Crippen LogP contribution in [-0.2, 0) is 13.0 Å². The van der Waals surface area contributed by atoms with Crippen LogP contribution in [0.4, 0.5) is 36.4 Å². The van der Waals surface area contributed by atoms with Crippen molar-refractivity contribution in [2.75, 3.05) is 11.9 Å². The molecule has 5 nitrogen and oxygen atoms in total. The van der Waals surface area contributed by atoms with Gasteiger partial charge in [0.2, 0.25) is 0 Å². The van der Waals surface area contributed by atoms with E-state index in [4.69, 9.17) is 0 Å². The first-order chi connectivity index (χ1) is 14.3. The number of fused-ring (bicyclic) bond motifs is 1. The highest BCUT2D eigenvalue weighted by atomic mass is 19.4. The normalized spacial score (nSPS) is 13.1. The molecule has 2 aromatic carbocycles. The third-order valence-electron chi connectivity index (χ3n) is 4.86. The molecule has 0 bridgehead atoms. The van der Waals surface area contributed by atoms with Crippen LogP contribution in [0.1, 0.15) is 17.5 Å². The summed E-state index contributed by atoms with van der Waals surface area (Å²) in [4.78, 5) is 1.61. The Balaban J connectivity index is 1.90. The lowest BCUT2D eigenvalue weighted by atomic mass is 9.93. The van der Waals surface area contributed by atoms with Gasteiger partial charge in [-0.3, -0.25) is 0 Å². The number of hydrogen-bond donors (Lipinski definition) is 1. The average molecular weight is 451 g/mol. The largest absolute Gasteiger partial charge is 0.426 e. The molecule has 0 amide bonds. The van der Waals surface area contributed by atoms with Crippen molar-refractivity contribution in [1.29, 1.82) is 0 Å². The van der Waals surface area contributed by atoms with Gasteiger partial charge in [-0.05, 0) is 58.5 Å². The Morgan fingerprint density at radius 3 is 2.13 bits per heavy atom. The predicted molar refractivity (Wildman–Crippen MR) is 95.7 cm³/mol. The minimum Gasteiger partial charge on any atom is -0.374 e. The van der Waals surface area contributed by atoms with Crippen molar-refractivity contribution in [2.45, 2.75) is 37.3 Å². The van der Waals surface area contributed by atoms with E-state index >= 15 is 0 Å². The summed E-state index contributed by atoms with van der Waals surface area (Å²) in [7, 11) is 1.61. The van der Waals surface area contributed by atoms with Crippen molar-refractivity contribution < 1.29 is 40.5 Å². The van der Waals surface area contributed by atoms with E-state index in [0.29, 0.717) is 11.3 Å². The van der Waals surface area contributed by atoms with Gasteiger partial charge in [-0.15, -0.1) is 0 Å². The number of aromatic nitrogens is 2. The Labute approximate surface area is 171 Å². The molecule has 0 aliphatic heterocycles. The molecule has 3 rings (SSSR count). The fourth-order valence-corrected chi connectivity index (χ4v) is 3.08. The molecule has 0 aliphatic carbocycles. The quantitative estimate of drug-likeness (QED) is 0.547. The van der Waals surface area contributed by atoms with Crippen LogP contribution in [0.25, 0.3) is 11.0 Å². The second-order valence-electron chi connectivity index (χ2n) is 7.09. The molecule has 12 heteroatoms. The topological polar surface area (TPSA) is 62.4 Å². The number of alkyl halides is 6. The zero-order valence-electron chi connectivity index (χ0n) is 15.9. The number of hydrogen-bond acceptors (Lipinski definition) is 5. The van der Waals surface area contributed by atoms with Gasteiger partial charge in [-0.25, -0.2) is 9.02 Å². The Morgan fingerprint density at radius 1 is 0.935 bits per heavy atom. The molecule has 0 atom stereocenters. The van der Waals surface area contributed by atoms with Crippen molar-refractivity contribution in [2.24, 2.45) is 0 Å². The number of anilines is 1. The fraction of sp³-hybridized carbons (Fsp3) is 0.368. The maximum Gasteiger partial charge on any atom is 0.426 e. The Kier molecular flexibility index (Phi) is 5.87. The molecule has 168 valence electrons. The molecule has 0 saturated heterocycles. The van der Waals surface area contributed by atoms with E-state index in [2.05, 4.69) is 14.9 Å². The summed E-state index contributed by atoms with van der Waals surface area (Å²) < 4.78 is 95.4. The number of aryl methyl sites for hydroxylation is 1. The Bertz CT molecular complexity index is 1030. The van der Waals surface area contributed by atoms with Crippen LogP contribution in [0.3, 0.4) is 0 Å². The maximum atomic E-state index is 13.1. The van der Waals surface area contributed by atoms with Gasteiger partial charge < -0.3 is 10.0 Å². The Morgan fingerprint density at radius 2 is 1.55 bits per heavy atom. The standard InChI is InChI=1S/C19H16F7N3O2/c1-29(10-11-2-4-13(20)5-3-11)15-9-12(8-14-16(15)28-31-27-14)6-7-17(30,18(21,22)23)19(24,25)26/h2-5,8-9,30H,6-7,10H2,1H3. The summed E-state index contributed by atoms with van der Waals surface area (Å²) in [6, 6.07) is 8.16. The number of aliphatic hydroxyl groups is 1. The number of nitrogens with zero attached hydrogens (tertiary/aromatic N) is 3. The van der Waals surface area contributed by atoms with Crippen molar-refractivity contribution in [1.82, 2.24) is 10.3 Å². The summed E-state index contributed by atoms with van der Waals surface area (Å²) in [6.07, 6.45) is -14.2. The Hall–Kier alpha value is -2.89. The number of rotatable bonds is 6. The second-order valence-corrected chi connectivity index (χ2v) is 7.09. The molecule has 1 aromatic heterocycles. The molecular weight excluding hydrogens is 435 g/mol. The highest BCUT2D eigenvalue weighted by Crippen LogP contribution is 2.46. The van der Waals surface area contributed by atoms with Crippen LogP contribution in [-0.4, -0.2) is 40.4 Å². The number of benzene rings is 2. The van der Waals surface area contributed by atoms with Crippen molar-refractivity contribution >= 4 is 16.7 Å². The SMILES string of the molecule is CN(Cc1ccc(F)cc1)c1cc(CCC(O)(C(F)(F)F)C(F)(F)F)cc2nonc12. The van der Waals surface area contributed by atoms with Crippen LogP contribution in [0.2, 0.25) is 0 Å². The van der Waals surface area contributed by atoms with Gasteiger partial charge in [0.25, 0.3) is 5.60 Å². The van der Waals surface area contributed by atoms with Gasteiger partial charge >= 0.3 is 12.4 Å². The van der Waals surface area contributed by atoms with E-state index in [1.165, 1.54) is 36.4 Å². The first-order valence-electron chi connectivity index (χ1n) is 8.88. The van der Waals surface area contributed by atoms with Crippen LogP contribution < -0.4 is 4.90 Å². The summed E-state index contributed by atoms with van der Waals surface area (Å²) >= 11 is 0. The minimum atomic E-state index is -5.90. The van der Waals surface area contributed by atoms with Crippen LogP contribution in [0.5, 0.6) is 0 Å². The van der Waals surface area contributed by atoms with E-state index in [1.807, 2.05) is 0 Å². The van der Waals surface area contributed by atoms with Gasteiger partial charge in [0.1, 0.15) is 11.3 Å². The third-order valence-corrected chi connectivity index (χ3v) is 4.86. The minimum absolute atomic E-state index is 0.0658. The average Bonchev–Trinajstić information content (AvgIpc) is 3.14. The molecule has 3 aromatic rings. The molecular formula is C19H16F7N3O2. The molecule has 31 heavy (non-hydrogen) atoms. The first kappa shape index (κ1) is 22.8. The van der Waals surface area contributed by atoms with Crippen LogP contribution in [0, 0.1) is 5.82 Å². The zero-order chi connectivity index (χ0) is 23.0. The van der Waals surface area contributed by atoms with Crippen LogP contribution in [0.15, 0.2) is 41.0 Å². The summed E-state index contributed by atoms with van der Waals surface area (Å²) in [5, 5.41) is 16.7. The monoisotopic (exact) mass is 451 g/mol. The van der Waals surface area contributed by atoms with Gasteiger partial charge in [0.05, 0.1) is 5.69 Å². The van der Waals surface area contributed by atoms with Crippen molar-refractivity contribution in [3.05, 3.63) is 53.3 Å². The second kappa shape index (κ2) is 7.98. The molecule has 0 aliphatic rings. The highest BCUT2D eigenvalue weighted by molar-refractivity contribution is 5.88. The van der Waals surface area contributed by atoms with E-state index in [9.17, 15) is 35.8 Å². The van der Waals surface area contributed by atoms with E-state index in [0.717, 1.165) is 0 Å². The van der Waals surface area contributed by atoms with Crippen LogP contribution >= 0.6 is 0 Å². The first-order valence-corrected chi connectivity index (χ1v) is 8.88. The lowest BCUT2D eigenvalue weighted by Crippen LogP contribution is -2.57. The van der Waals surface area contributed by atoms with E-state index < -0.39 is 36.6 Å². The van der Waals surface area contributed by atoms with Gasteiger partial charge in [0.15, 0.2) is 5.52 Å². The number of halogens is 7. The maximum absolute atomic E-state index is 13.1. The van der Waals surface area contributed by atoms with Gasteiger partial charge in [-0.1, -0.05) is 12.1 Å². The van der Waals surface area contributed by atoms with Gasteiger partial charge in [-0.2, -0.15) is 26.3 Å².